The zero-order valence-electron chi connectivity index (χ0n) is 28.3. The van der Waals surface area contributed by atoms with Crippen LogP contribution in [-0.4, -0.2) is 58.6 Å². The largest absolute Gasteiger partial charge is 0.491 e. The van der Waals surface area contributed by atoms with Crippen molar-refractivity contribution >= 4 is 23.5 Å². The number of esters is 1. The Hall–Kier alpha value is -5.84. The van der Waals surface area contributed by atoms with Gasteiger partial charge in [0.2, 0.25) is 11.8 Å². The van der Waals surface area contributed by atoms with Crippen molar-refractivity contribution in [2.24, 2.45) is 5.92 Å². The Labute approximate surface area is 301 Å². The van der Waals surface area contributed by atoms with Crippen molar-refractivity contribution in [1.82, 2.24) is 15.2 Å². The highest BCUT2D eigenvalue weighted by molar-refractivity contribution is 6.12. The molecule has 3 aliphatic heterocycles. The van der Waals surface area contributed by atoms with Crippen LogP contribution < -0.4 is 15.4 Å². The van der Waals surface area contributed by atoms with Gasteiger partial charge < -0.3 is 25.2 Å². The molecule has 10 heteroatoms. The third-order valence-corrected chi connectivity index (χ3v) is 10.4. The summed E-state index contributed by atoms with van der Waals surface area (Å²) in [6.45, 7) is 0.144. The number of anilines is 1. The van der Waals surface area contributed by atoms with E-state index in [0.29, 0.717) is 29.0 Å². The highest BCUT2D eigenvalue weighted by Crippen LogP contribution is 2.64. The zero-order valence-corrected chi connectivity index (χ0v) is 28.3. The first-order valence-electron chi connectivity index (χ1n) is 17.5. The second kappa shape index (κ2) is 14.1. The molecule has 3 N–H and O–H groups in total. The predicted octanol–water partition coefficient (Wildman–Crippen LogP) is 5.08. The van der Waals surface area contributed by atoms with Crippen molar-refractivity contribution in [3.63, 3.8) is 0 Å². The van der Waals surface area contributed by atoms with Gasteiger partial charge in [0.25, 0.3) is 0 Å². The number of aliphatic hydroxyl groups excluding tert-OH is 1. The van der Waals surface area contributed by atoms with Crippen molar-refractivity contribution in [2.45, 2.75) is 36.1 Å². The Balaban J connectivity index is 1.36. The van der Waals surface area contributed by atoms with Crippen molar-refractivity contribution in [3.05, 3.63) is 162 Å². The summed E-state index contributed by atoms with van der Waals surface area (Å²) in [6.07, 6.45) is 1.41. The van der Waals surface area contributed by atoms with Crippen LogP contribution in [0.15, 0.2) is 134 Å². The van der Waals surface area contributed by atoms with E-state index < -0.39 is 47.4 Å². The summed E-state index contributed by atoms with van der Waals surface area (Å²) in [5, 5.41) is 15.7. The first-order valence-corrected chi connectivity index (χ1v) is 17.5. The number of aromatic nitrogens is 1. The molecule has 2 saturated heterocycles. The van der Waals surface area contributed by atoms with Crippen molar-refractivity contribution in [2.75, 3.05) is 25.1 Å². The molecule has 2 amide bonds. The van der Waals surface area contributed by atoms with Gasteiger partial charge in [-0.1, -0.05) is 97.1 Å². The summed E-state index contributed by atoms with van der Waals surface area (Å²) in [4.78, 5) is 51.1. The first kappa shape index (κ1) is 33.3. The molecular weight excluding hydrogens is 656 g/mol. The fourth-order valence-corrected chi connectivity index (χ4v) is 8.46. The molecular formula is C42H38N4O6. The lowest BCUT2D eigenvalue weighted by Crippen LogP contribution is -2.55. The molecule has 1 aromatic heterocycles. The quantitative estimate of drug-likeness (QED) is 0.173. The van der Waals surface area contributed by atoms with Gasteiger partial charge in [0.15, 0.2) is 0 Å². The SMILES string of the molecule is O=C1O[C@@H](c2ccccc2)[C@@H](c2ccccc2)N2[C@@H](c3cccc(OCCO)c3)[C@]3(C(=O)Nc4ccccc43)[C@@H](C(=O)NCCc3ccccn3)[C@H]12. The number of nitrogens with one attached hydrogen (secondary N) is 2. The molecule has 1 spiro atoms. The van der Waals surface area contributed by atoms with E-state index in [1.807, 2.05) is 121 Å². The van der Waals surface area contributed by atoms with E-state index >= 15 is 4.79 Å². The summed E-state index contributed by atoms with van der Waals surface area (Å²) in [5.74, 6) is -2.10. The van der Waals surface area contributed by atoms with Crippen LogP contribution in [0.1, 0.15) is 46.1 Å². The maximum Gasteiger partial charge on any atom is 0.324 e. The van der Waals surface area contributed by atoms with Crippen LogP contribution in [0, 0.1) is 5.92 Å². The third kappa shape index (κ3) is 5.60. The van der Waals surface area contributed by atoms with Crippen molar-refractivity contribution in [3.8, 4) is 5.75 Å². The number of aliphatic hydroxyl groups is 1. The summed E-state index contributed by atoms with van der Waals surface area (Å²) in [6, 6.07) is 37.1. The number of fused-ring (bicyclic) bond motifs is 3. The number of pyridine rings is 1. The number of rotatable bonds is 10. The molecule has 5 aromatic rings. The summed E-state index contributed by atoms with van der Waals surface area (Å²) < 4.78 is 12.3. The van der Waals surface area contributed by atoms with Gasteiger partial charge in [-0.05, 0) is 52.6 Å². The third-order valence-electron chi connectivity index (χ3n) is 10.4. The lowest BCUT2D eigenvalue weighted by molar-refractivity contribution is -0.178. The van der Waals surface area contributed by atoms with Gasteiger partial charge in [0.1, 0.15) is 29.9 Å². The van der Waals surface area contributed by atoms with E-state index in [-0.39, 0.29) is 25.7 Å². The standard InChI is InChI=1S/C42H38N4O6/c47-24-25-51-31-18-11-16-29(26-31)38-42(32-19-7-8-20-33(32)45-41(42)50)34(39(48)44-23-21-30-17-9-10-22-43-30)36-40(49)52-37(28-14-5-2-6-15-28)35(46(36)38)27-12-3-1-4-13-27/h1-20,22,26,34-38,47H,21,23-25H2,(H,44,48)(H,45,50)/t34-,35-,36-,37+,38+,42-/m1/s1. The Morgan fingerprint density at radius 2 is 1.56 bits per heavy atom. The number of morpholine rings is 1. The topological polar surface area (TPSA) is 130 Å². The fraction of sp³-hybridized carbons (Fsp3) is 0.238. The highest BCUT2D eigenvalue weighted by atomic mass is 16.6. The summed E-state index contributed by atoms with van der Waals surface area (Å²) in [5.41, 5.74) is 2.78. The molecule has 4 aromatic carbocycles. The molecule has 0 radical (unpaired) electrons. The lowest BCUT2D eigenvalue weighted by atomic mass is 9.65. The number of benzene rings is 4. The maximum absolute atomic E-state index is 15.0. The normalized spacial score (nSPS) is 24.8. The van der Waals surface area contributed by atoms with E-state index in [1.54, 1.807) is 12.3 Å². The van der Waals surface area contributed by atoms with Gasteiger partial charge in [0, 0.05) is 30.5 Å². The van der Waals surface area contributed by atoms with Crippen molar-refractivity contribution < 1.29 is 29.0 Å². The molecule has 262 valence electrons. The van der Waals surface area contributed by atoms with Gasteiger partial charge in [-0.25, -0.2) is 0 Å². The monoisotopic (exact) mass is 694 g/mol. The number of carbonyl (C=O) groups is 3. The smallest absolute Gasteiger partial charge is 0.324 e. The van der Waals surface area contributed by atoms with Crippen LogP contribution in [0.2, 0.25) is 0 Å². The van der Waals surface area contributed by atoms with Gasteiger partial charge >= 0.3 is 5.97 Å². The molecule has 0 unspecified atom stereocenters. The van der Waals surface area contributed by atoms with Gasteiger partial charge in [-0.15, -0.1) is 0 Å². The Morgan fingerprint density at radius 3 is 2.31 bits per heavy atom. The molecule has 0 saturated carbocycles. The van der Waals surface area contributed by atoms with E-state index in [4.69, 9.17) is 9.47 Å². The summed E-state index contributed by atoms with van der Waals surface area (Å²) >= 11 is 0. The van der Waals surface area contributed by atoms with Crippen LogP contribution in [0.5, 0.6) is 5.75 Å². The number of nitrogens with zero attached hydrogens (tertiary/aromatic N) is 2. The Morgan fingerprint density at radius 1 is 0.846 bits per heavy atom. The zero-order chi connectivity index (χ0) is 35.7. The van der Waals surface area contributed by atoms with Crippen LogP contribution in [0.25, 0.3) is 0 Å². The minimum Gasteiger partial charge on any atom is -0.491 e. The van der Waals surface area contributed by atoms with Gasteiger partial charge in [-0.3, -0.25) is 24.3 Å². The second-order valence-corrected chi connectivity index (χ2v) is 13.3. The van der Waals surface area contributed by atoms with Crippen LogP contribution in [0.3, 0.4) is 0 Å². The van der Waals surface area contributed by atoms with Gasteiger partial charge in [0.05, 0.1) is 24.6 Å². The number of cyclic esters (lactones) is 1. The fourth-order valence-electron chi connectivity index (χ4n) is 8.46. The Bertz CT molecular complexity index is 2080. The number of hydrogen-bond acceptors (Lipinski definition) is 8. The van der Waals surface area contributed by atoms with Gasteiger partial charge in [-0.2, -0.15) is 0 Å². The Kier molecular flexibility index (Phi) is 9.00. The predicted molar refractivity (Wildman–Crippen MR) is 193 cm³/mol. The molecule has 8 rings (SSSR count). The molecule has 0 bridgehead atoms. The first-order chi connectivity index (χ1) is 25.5. The molecule has 6 atom stereocenters. The number of para-hydroxylation sites is 1. The number of carbonyl (C=O) groups excluding carboxylic acids is 3. The average molecular weight is 695 g/mol. The lowest BCUT2D eigenvalue weighted by Gasteiger charge is -2.46. The molecule has 3 aliphatic rings. The van der Waals surface area contributed by atoms with E-state index in [1.165, 1.54) is 0 Å². The minimum absolute atomic E-state index is 0.0747. The number of amides is 2. The van der Waals surface area contributed by atoms with Crippen LogP contribution in [-0.2, 0) is 31.0 Å². The summed E-state index contributed by atoms with van der Waals surface area (Å²) in [7, 11) is 0. The maximum atomic E-state index is 15.0. The van der Waals surface area contributed by atoms with Crippen LogP contribution in [0.4, 0.5) is 5.69 Å². The number of ether oxygens (including phenoxy) is 2. The van der Waals surface area contributed by atoms with E-state index in [9.17, 15) is 14.7 Å². The van der Waals surface area contributed by atoms with E-state index in [0.717, 1.165) is 16.8 Å². The molecule has 10 nitrogen and oxygen atoms in total. The molecule has 0 aliphatic carbocycles. The second-order valence-electron chi connectivity index (χ2n) is 13.3. The van der Waals surface area contributed by atoms with E-state index in [2.05, 4.69) is 20.5 Å². The molecule has 52 heavy (non-hydrogen) atoms. The van der Waals surface area contributed by atoms with Crippen molar-refractivity contribution in [1.29, 1.82) is 0 Å². The average Bonchev–Trinajstić information content (AvgIpc) is 3.67. The minimum atomic E-state index is -1.57. The van der Waals surface area contributed by atoms with Crippen LogP contribution >= 0.6 is 0 Å². The molecule has 2 fully saturated rings. The number of hydrogen-bond donors (Lipinski definition) is 3. The highest BCUT2D eigenvalue weighted by Gasteiger charge is 2.74. The molecule has 4 heterocycles.